The first-order chi connectivity index (χ1) is 12.4. The normalized spacial score (nSPS) is 22.2. The number of sulfonamides is 1. The van der Waals surface area contributed by atoms with Crippen molar-refractivity contribution < 1.29 is 17.9 Å². The number of methoxy groups -OCH3 is 1. The molecule has 6 nitrogen and oxygen atoms in total. The first kappa shape index (κ1) is 19.5. The first-order valence-electron chi connectivity index (χ1n) is 9.06. The third kappa shape index (κ3) is 4.00. The van der Waals surface area contributed by atoms with Crippen molar-refractivity contribution in [3.05, 3.63) is 23.2 Å². The molecule has 2 aliphatic rings. The molecule has 0 N–H and O–H groups in total. The van der Waals surface area contributed by atoms with E-state index in [-0.39, 0.29) is 28.3 Å². The molecule has 144 valence electrons. The van der Waals surface area contributed by atoms with E-state index in [1.165, 1.54) is 23.5 Å². The van der Waals surface area contributed by atoms with E-state index >= 15 is 0 Å². The highest BCUT2D eigenvalue weighted by molar-refractivity contribution is 7.89. The van der Waals surface area contributed by atoms with Crippen molar-refractivity contribution >= 4 is 27.5 Å². The van der Waals surface area contributed by atoms with Gasteiger partial charge in [0.2, 0.25) is 15.9 Å². The first-order valence-corrected chi connectivity index (χ1v) is 10.9. The van der Waals surface area contributed by atoms with Crippen molar-refractivity contribution in [3.8, 4) is 5.75 Å². The number of hydrogen-bond donors (Lipinski definition) is 0. The minimum Gasteiger partial charge on any atom is -0.495 e. The van der Waals surface area contributed by atoms with Crippen LogP contribution in [0.15, 0.2) is 23.1 Å². The second-order valence-electron chi connectivity index (χ2n) is 6.88. The lowest BCUT2D eigenvalue weighted by molar-refractivity contribution is -0.137. The van der Waals surface area contributed by atoms with Crippen LogP contribution in [-0.2, 0) is 14.8 Å². The summed E-state index contributed by atoms with van der Waals surface area (Å²) in [5, 5.41) is 0.256. The molecule has 2 fully saturated rings. The van der Waals surface area contributed by atoms with Crippen LogP contribution < -0.4 is 4.74 Å². The van der Waals surface area contributed by atoms with Crippen LogP contribution in [0.2, 0.25) is 5.02 Å². The van der Waals surface area contributed by atoms with E-state index in [2.05, 4.69) is 0 Å². The topological polar surface area (TPSA) is 66.9 Å². The summed E-state index contributed by atoms with van der Waals surface area (Å²) in [4.78, 5) is 14.8. The summed E-state index contributed by atoms with van der Waals surface area (Å²) in [6.45, 7) is 2.24. The van der Waals surface area contributed by atoms with E-state index in [9.17, 15) is 13.2 Å². The van der Waals surface area contributed by atoms with Crippen LogP contribution in [-0.4, -0.2) is 56.8 Å². The highest BCUT2D eigenvalue weighted by Gasteiger charge is 2.35. The number of piperidine rings is 2. The Kier molecular flexibility index (Phi) is 6.10. The zero-order chi connectivity index (χ0) is 18.7. The highest BCUT2D eigenvalue weighted by atomic mass is 35.5. The molecular formula is C18H25ClN2O4S. The van der Waals surface area contributed by atoms with Crippen molar-refractivity contribution in [2.75, 3.05) is 33.3 Å². The Balaban J connectivity index is 1.75. The molecule has 0 saturated carbocycles. The predicted octanol–water partition coefficient (Wildman–Crippen LogP) is 2.76. The van der Waals surface area contributed by atoms with Gasteiger partial charge in [0, 0.05) is 26.2 Å². The molecule has 0 aliphatic carbocycles. The van der Waals surface area contributed by atoms with E-state index in [0.29, 0.717) is 18.7 Å². The van der Waals surface area contributed by atoms with Gasteiger partial charge in [-0.05, 0) is 50.3 Å². The Bertz CT molecular complexity index is 762. The number of nitrogens with zero attached hydrogens (tertiary/aromatic N) is 2. The van der Waals surface area contributed by atoms with Gasteiger partial charge in [-0.1, -0.05) is 11.6 Å². The number of halogens is 1. The molecule has 8 heteroatoms. The third-order valence-corrected chi connectivity index (χ3v) is 7.32. The average Bonchev–Trinajstić information content (AvgIpc) is 2.68. The Morgan fingerprint density at radius 1 is 1.15 bits per heavy atom. The molecule has 26 heavy (non-hydrogen) atoms. The second kappa shape index (κ2) is 8.15. The second-order valence-corrected chi connectivity index (χ2v) is 9.23. The van der Waals surface area contributed by atoms with Gasteiger partial charge in [0.15, 0.2) is 0 Å². The maximum Gasteiger partial charge on any atom is 0.243 e. The van der Waals surface area contributed by atoms with Gasteiger partial charge >= 0.3 is 0 Å². The fourth-order valence-corrected chi connectivity index (χ4v) is 5.56. The number of amides is 1. The van der Waals surface area contributed by atoms with Crippen molar-refractivity contribution in [1.29, 1.82) is 0 Å². The molecule has 2 saturated heterocycles. The quantitative estimate of drug-likeness (QED) is 0.779. The van der Waals surface area contributed by atoms with Gasteiger partial charge in [-0.2, -0.15) is 4.31 Å². The SMILES string of the molecule is COc1ccc(S(=O)(=O)N2CCCC(C(=O)N3CCCCC3)C2)cc1Cl. The van der Waals surface area contributed by atoms with E-state index in [4.69, 9.17) is 16.3 Å². The Hall–Kier alpha value is -1.31. The molecule has 2 aliphatic heterocycles. The van der Waals surface area contributed by atoms with Gasteiger partial charge in [0.05, 0.1) is 22.9 Å². The molecule has 1 aromatic carbocycles. The molecule has 0 bridgehead atoms. The predicted molar refractivity (Wildman–Crippen MR) is 99.9 cm³/mol. The lowest BCUT2D eigenvalue weighted by Gasteiger charge is -2.35. The summed E-state index contributed by atoms with van der Waals surface area (Å²) < 4.78 is 32.5. The zero-order valence-electron chi connectivity index (χ0n) is 15.0. The van der Waals surface area contributed by atoms with E-state index in [1.54, 1.807) is 6.07 Å². The molecule has 0 spiro atoms. The van der Waals surface area contributed by atoms with E-state index in [0.717, 1.165) is 38.8 Å². The van der Waals surface area contributed by atoms with Crippen molar-refractivity contribution in [2.24, 2.45) is 5.92 Å². The van der Waals surface area contributed by atoms with E-state index < -0.39 is 10.0 Å². The molecule has 1 unspecified atom stereocenters. The largest absolute Gasteiger partial charge is 0.495 e. The lowest BCUT2D eigenvalue weighted by atomic mass is 9.97. The van der Waals surface area contributed by atoms with Crippen molar-refractivity contribution in [2.45, 2.75) is 37.0 Å². The Morgan fingerprint density at radius 2 is 1.88 bits per heavy atom. The highest BCUT2D eigenvalue weighted by Crippen LogP contribution is 2.30. The fourth-order valence-electron chi connectivity index (χ4n) is 3.69. The molecule has 1 atom stereocenters. The number of rotatable bonds is 4. The number of likely N-dealkylation sites (tertiary alicyclic amines) is 1. The fraction of sp³-hybridized carbons (Fsp3) is 0.611. The summed E-state index contributed by atoms with van der Waals surface area (Å²) in [7, 11) is -2.20. The number of carbonyl (C=O) groups is 1. The minimum absolute atomic E-state index is 0.0948. The standard InChI is InChI=1S/C18H25ClN2O4S/c1-25-17-8-7-15(12-16(17)19)26(23,24)21-11-5-6-14(13-21)18(22)20-9-3-2-4-10-20/h7-8,12,14H,2-6,9-11,13H2,1H3. The van der Waals surface area contributed by atoms with Gasteiger partial charge in [-0.15, -0.1) is 0 Å². The monoisotopic (exact) mass is 400 g/mol. The lowest BCUT2D eigenvalue weighted by Crippen LogP contribution is -2.47. The summed E-state index contributed by atoms with van der Waals surface area (Å²) in [5.74, 6) is 0.269. The molecule has 0 aromatic heterocycles. The molecule has 1 aromatic rings. The minimum atomic E-state index is -3.68. The van der Waals surface area contributed by atoms with Crippen LogP contribution in [0, 0.1) is 5.92 Å². The average molecular weight is 401 g/mol. The van der Waals surface area contributed by atoms with Crippen molar-refractivity contribution in [3.63, 3.8) is 0 Å². The van der Waals surface area contributed by atoms with Crippen LogP contribution in [0.5, 0.6) is 5.75 Å². The summed E-state index contributed by atoms with van der Waals surface area (Å²) >= 11 is 6.09. The maximum atomic E-state index is 13.0. The third-order valence-electron chi connectivity index (χ3n) is 5.16. The van der Waals surface area contributed by atoms with Gasteiger partial charge in [0.1, 0.15) is 5.75 Å². The van der Waals surface area contributed by atoms with Crippen LogP contribution in [0.25, 0.3) is 0 Å². The Labute approximate surface area is 160 Å². The smallest absolute Gasteiger partial charge is 0.243 e. The van der Waals surface area contributed by atoms with Gasteiger partial charge in [-0.3, -0.25) is 4.79 Å². The van der Waals surface area contributed by atoms with Crippen LogP contribution in [0.1, 0.15) is 32.1 Å². The molecule has 2 heterocycles. The summed E-state index contributed by atoms with van der Waals surface area (Å²) in [6.07, 6.45) is 4.65. The maximum absolute atomic E-state index is 13.0. The van der Waals surface area contributed by atoms with Crippen LogP contribution in [0.3, 0.4) is 0 Å². The van der Waals surface area contributed by atoms with E-state index in [1.807, 2.05) is 4.90 Å². The van der Waals surface area contributed by atoms with Crippen molar-refractivity contribution in [1.82, 2.24) is 9.21 Å². The van der Waals surface area contributed by atoms with Crippen LogP contribution in [0.4, 0.5) is 0 Å². The Morgan fingerprint density at radius 3 is 2.54 bits per heavy atom. The number of carbonyl (C=O) groups excluding carboxylic acids is 1. The molecule has 0 radical (unpaired) electrons. The van der Waals surface area contributed by atoms with Crippen LogP contribution >= 0.6 is 11.6 Å². The number of hydrogen-bond acceptors (Lipinski definition) is 4. The zero-order valence-corrected chi connectivity index (χ0v) is 16.6. The van der Waals surface area contributed by atoms with Gasteiger partial charge in [-0.25, -0.2) is 8.42 Å². The number of ether oxygens (including phenoxy) is 1. The molecule has 1 amide bonds. The van der Waals surface area contributed by atoms with Gasteiger partial charge in [0.25, 0.3) is 0 Å². The summed E-state index contributed by atoms with van der Waals surface area (Å²) in [5.41, 5.74) is 0. The summed E-state index contributed by atoms with van der Waals surface area (Å²) in [6, 6.07) is 4.46. The number of benzene rings is 1. The molecular weight excluding hydrogens is 376 g/mol. The molecule has 3 rings (SSSR count). The van der Waals surface area contributed by atoms with Gasteiger partial charge < -0.3 is 9.64 Å².